The van der Waals surface area contributed by atoms with Crippen molar-refractivity contribution in [1.29, 1.82) is 0 Å². The van der Waals surface area contributed by atoms with Gasteiger partial charge in [-0.3, -0.25) is 4.68 Å². The molecule has 1 aromatic rings. The second-order valence-electron chi connectivity index (χ2n) is 6.98. The highest BCUT2D eigenvalue weighted by atomic mass is 16.5. The summed E-state index contributed by atoms with van der Waals surface area (Å²) in [7, 11) is 0. The molecule has 2 heterocycles. The average molecular weight is 293 g/mol. The van der Waals surface area contributed by atoms with Crippen molar-refractivity contribution in [2.75, 3.05) is 0 Å². The van der Waals surface area contributed by atoms with E-state index in [9.17, 15) is 0 Å². The first-order valence-electron chi connectivity index (χ1n) is 8.37. The molecule has 120 valence electrons. The maximum absolute atomic E-state index is 6.13. The van der Waals surface area contributed by atoms with Gasteiger partial charge in [-0.2, -0.15) is 5.10 Å². The number of aryl methyl sites for hydroxylation is 1. The van der Waals surface area contributed by atoms with Gasteiger partial charge in [0, 0.05) is 11.7 Å². The van der Waals surface area contributed by atoms with Gasteiger partial charge < -0.3 is 10.5 Å². The van der Waals surface area contributed by atoms with Crippen LogP contribution in [-0.4, -0.2) is 27.5 Å². The summed E-state index contributed by atoms with van der Waals surface area (Å²) in [5, 5.41) is 4.84. The van der Waals surface area contributed by atoms with E-state index in [-0.39, 0.29) is 17.7 Å². The quantitative estimate of drug-likeness (QED) is 0.877. The molecule has 0 saturated carbocycles. The van der Waals surface area contributed by atoms with E-state index in [1.165, 1.54) is 17.0 Å². The Balaban J connectivity index is 2.21. The van der Waals surface area contributed by atoms with E-state index >= 15 is 0 Å². The van der Waals surface area contributed by atoms with Crippen molar-refractivity contribution in [3.8, 4) is 0 Å². The lowest BCUT2D eigenvalue weighted by molar-refractivity contribution is -0.0233. The minimum Gasteiger partial charge on any atom is -0.370 e. The normalized spacial score (nSPS) is 22.7. The third-order valence-corrected chi connectivity index (χ3v) is 4.38. The summed E-state index contributed by atoms with van der Waals surface area (Å²) in [6, 6.07) is 0.180. The Morgan fingerprint density at radius 2 is 2.10 bits per heavy atom. The molecule has 0 amide bonds. The van der Waals surface area contributed by atoms with Crippen LogP contribution in [0.5, 0.6) is 0 Å². The van der Waals surface area contributed by atoms with Crippen LogP contribution in [0.4, 0.5) is 0 Å². The molecule has 0 radical (unpaired) electrons. The van der Waals surface area contributed by atoms with Crippen molar-refractivity contribution in [3.63, 3.8) is 0 Å². The standard InChI is InChI=1S/C17H31N3O/c1-6-15-14(10-12(3)18)16(7-2)20(19-15)11-13-8-9-17(4,5)21-13/h12-13H,6-11,18H2,1-5H3. The smallest absolute Gasteiger partial charge is 0.0779 e. The number of hydrogen-bond donors (Lipinski definition) is 1. The van der Waals surface area contributed by atoms with E-state index < -0.39 is 0 Å². The molecule has 2 atom stereocenters. The number of hydrogen-bond acceptors (Lipinski definition) is 3. The van der Waals surface area contributed by atoms with Crippen LogP contribution >= 0.6 is 0 Å². The van der Waals surface area contributed by atoms with Crippen LogP contribution in [0.3, 0.4) is 0 Å². The van der Waals surface area contributed by atoms with Gasteiger partial charge in [-0.15, -0.1) is 0 Å². The summed E-state index contributed by atoms with van der Waals surface area (Å²) in [5.74, 6) is 0. The van der Waals surface area contributed by atoms with Gasteiger partial charge in [-0.05, 0) is 58.4 Å². The molecule has 0 aliphatic carbocycles. The van der Waals surface area contributed by atoms with Crippen molar-refractivity contribution in [2.24, 2.45) is 5.73 Å². The summed E-state index contributed by atoms with van der Waals surface area (Å²) in [6.07, 6.45) is 5.44. The zero-order chi connectivity index (χ0) is 15.6. The number of aromatic nitrogens is 2. The molecule has 1 saturated heterocycles. The van der Waals surface area contributed by atoms with Crippen LogP contribution in [0.1, 0.15) is 64.4 Å². The van der Waals surface area contributed by atoms with Gasteiger partial charge >= 0.3 is 0 Å². The van der Waals surface area contributed by atoms with Gasteiger partial charge in [0.2, 0.25) is 0 Å². The first kappa shape index (κ1) is 16.5. The molecule has 0 aromatic carbocycles. The van der Waals surface area contributed by atoms with E-state index in [4.69, 9.17) is 15.6 Å². The Morgan fingerprint density at radius 3 is 2.57 bits per heavy atom. The van der Waals surface area contributed by atoms with Gasteiger partial charge in [-0.1, -0.05) is 13.8 Å². The van der Waals surface area contributed by atoms with Crippen molar-refractivity contribution in [3.05, 3.63) is 17.0 Å². The monoisotopic (exact) mass is 293 g/mol. The minimum absolute atomic E-state index is 0.0202. The molecule has 1 aliphatic heterocycles. The van der Waals surface area contributed by atoms with Crippen LogP contribution in [0.25, 0.3) is 0 Å². The molecule has 1 aromatic heterocycles. The third-order valence-electron chi connectivity index (χ3n) is 4.38. The lowest BCUT2D eigenvalue weighted by Gasteiger charge is -2.20. The highest BCUT2D eigenvalue weighted by Crippen LogP contribution is 2.30. The lowest BCUT2D eigenvalue weighted by Crippen LogP contribution is -2.24. The van der Waals surface area contributed by atoms with Crippen LogP contribution in [0.15, 0.2) is 0 Å². The fourth-order valence-electron chi connectivity index (χ4n) is 3.38. The number of ether oxygens (including phenoxy) is 1. The maximum Gasteiger partial charge on any atom is 0.0779 e. The molecule has 21 heavy (non-hydrogen) atoms. The van der Waals surface area contributed by atoms with Crippen LogP contribution in [0, 0.1) is 0 Å². The molecule has 1 aliphatic rings. The molecule has 4 nitrogen and oxygen atoms in total. The summed E-state index contributed by atoms with van der Waals surface area (Å²) >= 11 is 0. The van der Waals surface area contributed by atoms with E-state index in [0.29, 0.717) is 0 Å². The fraction of sp³-hybridized carbons (Fsp3) is 0.824. The molecule has 0 bridgehead atoms. The predicted molar refractivity (Wildman–Crippen MR) is 86.5 cm³/mol. The second-order valence-corrected chi connectivity index (χ2v) is 6.98. The van der Waals surface area contributed by atoms with Gasteiger partial charge in [0.05, 0.1) is 23.9 Å². The molecule has 1 fully saturated rings. The van der Waals surface area contributed by atoms with E-state index in [0.717, 1.165) is 38.6 Å². The highest BCUT2D eigenvalue weighted by molar-refractivity contribution is 5.28. The van der Waals surface area contributed by atoms with Gasteiger partial charge in [-0.25, -0.2) is 0 Å². The SMILES string of the molecule is CCc1nn(CC2CCC(C)(C)O2)c(CC)c1CC(C)N. The molecule has 2 N–H and O–H groups in total. The molecular formula is C17H31N3O. The summed E-state index contributed by atoms with van der Waals surface area (Å²) in [6.45, 7) is 11.7. The van der Waals surface area contributed by atoms with Crippen LogP contribution in [0.2, 0.25) is 0 Å². The largest absolute Gasteiger partial charge is 0.370 e. The minimum atomic E-state index is 0.0202. The molecule has 0 spiro atoms. The van der Waals surface area contributed by atoms with Crippen molar-refractivity contribution < 1.29 is 4.74 Å². The zero-order valence-corrected chi connectivity index (χ0v) is 14.3. The summed E-state index contributed by atoms with van der Waals surface area (Å²) in [5.41, 5.74) is 9.96. The summed E-state index contributed by atoms with van der Waals surface area (Å²) < 4.78 is 8.31. The number of nitrogens with zero attached hydrogens (tertiary/aromatic N) is 2. The summed E-state index contributed by atoms with van der Waals surface area (Å²) in [4.78, 5) is 0. The Bertz CT molecular complexity index is 477. The maximum atomic E-state index is 6.13. The van der Waals surface area contributed by atoms with Crippen LogP contribution in [-0.2, 0) is 30.5 Å². The van der Waals surface area contributed by atoms with E-state index in [2.05, 4.69) is 39.3 Å². The van der Waals surface area contributed by atoms with Gasteiger partial charge in [0.25, 0.3) is 0 Å². The van der Waals surface area contributed by atoms with E-state index in [1.807, 2.05) is 0 Å². The van der Waals surface area contributed by atoms with Gasteiger partial charge in [0.1, 0.15) is 0 Å². The fourth-order valence-corrected chi connectivity index (χ4v) is 3.38. The first-order valence-corrected chi connectivity index (χ1v) is 8.37. The van der Waals surface area contributed by atoms with Gasteiger partial charge in [0.15, 0.2) is 0 Å². The molecule has 2 rings (SSSR count). The zero-order valence-electron chi connectivity index (χ0n) is 14.3. The number of nitrogens with two attached hydrogens (primary N) is 1. The topological polar surface area (TPSA) is 53.1 Å². The molecular weight excluding hydrogens is 262 g/mol. The number of rotatable bonds is 6. The van der Waals surface area contributed by atoms with Crippen molar-refractivity contribution >= 4 is 0 Å². The average Bonchev–Trinajstić information content (AvgIpc) is 2.89. The first-order chi connectivity index (χ1) is 9.86. The molecule has 4 heteroatoms. The van der Waals surface area contributed by atoms with Crippen LogP contribution < -0.4 is 5.73 Å². The third kappa shape index (κ3) is 3.86. The molecule has 2 unspecified atom stereocenters. The Labute approximate surface area is 129 Å². The lowest BCUT2D eigenvalue weighted by atomic mass is 10.0. The second kappa shape index (κ2) is 6.49. The highest BCUT2D eigenvalue weighted by Gasteiger charge is 2.32. The Kier molecular flexibility index (Phi) is 5.10. The van der Waals surface area contributed by atoms with Crippen molar-refractivity contribution in [2.45, 2.75) is 91.0 Å². The predicted octanol–water partition coefficient (Wildman–Crippen LogP) is 2.86. The van der Waals surface area contributed by atoms with Crippen molar-refractivity contribution in [1.82, 2.24) is 9.78 Å². The Morgan fingerprint density at radius 1 is 1.38 bits per heavy atom. The van der Waals surface area contributed by atoms with E-state index in [1.54, 1.807) is 0 Å². The Hall–Kier alpha value is -0.870.